The van der Waals surface area contributed by atoms with Gasteiger partial charge in [0.15, 0.2) is 11.5 Å². The van der Waals surface area contributed by atoms with Gasteiger partial charge in [0, 0.05) is 17.7 Å². The molecular weight excluding hydrogens is 362 g/mol. The van der Waals surface area contributed by atoms with Crippen LogP contribution in [0.25, 0.3) is 11.1 Å². The van der Waals surface area contributed by atoms with E-state index in [0.717, 1.165) is 16.7 Å². The summed E-state index contributed by atoms with van der Waals surface area (Å²) in [6.45, 7) is 3.60. The van der Waals surface area contributed by atoms with E-state index in [1.165, 1.54) is 14.2 Å². The Morgan fingerprint density at radius 2 is 1.82 bits per heavy atom. The molecule has 148 valence electrons. The smallest absolute Gasteiger partial charge is 0.312 e. The number of benzene rings is 2. The molecule has 2 aromatic rings. The van der Waals surface area contributed by atoms with Gasteiger partial charge in [0.25, 0.3) is 5.91 Å². The fraction of sp³-hybridized carbons (Fsp3) is 0.333. The van der Waals surface area contributed by atoms with Gasteiger partial charge in [-0.1, -0.05) is 6.07 Å². The third-order valence-electron chi connectivity index (χ3n) is 4.76. The number of hydrogen-bond acceptors (Lipinski definition) is 5. The quantitative estimate of drug-likeness (QED) is 0.761. The molecule has 1 amide bonds. The van der Waals surface area contributed by atoms with Crippen LogP contribution in [0.2, 0.25) is 0 Å². The van der Waals surface area contributed by atoms with Gasteiger partial charge in [0.2, 0.25) is 5.75 Å². The lowest BCUT2D eigenvalue weighted by Gasteiger charge is -2.23. The molecule has 7 heteroatoms. The van der Waals surface area contributed by atoms with Crippen LogP contribution in [0.15, 0.2) is 30.3 Å². The van der Waals surface area contributed by atoms with Crippen molar-refractivity contribution in [3.8, 4) is 28.4 Å². The highest BCUT2D eigenvalue weighted by molar-refractivity contribution is 5.99. The van der Waals surface area contributed by atoms with Crippen molar-refractivity contribution in [1.29, 1.82) is 0 Å². The van der Waals surface area contributed by atoms with Crippen molar-refractivity contribution >= 4 is 11.9 Å². The molecule has 2 N–H and O–H groups in total. The van der Waals surface area contributed by atoms with Crippen LogP contribution in [-0.2, 0) is 11.3 Å². The van der Waals surface area contributed by atoms with E-state index in [-0.39, 0.29) is 12.5 Å². The van der Waals surface area contributed by atoms with Crippen molar-refractivity contribution in [2.45, 2.75) is 20.4 Å². The number of methoxy groups -OCH3 is 2. The zero-order valence-corrected chi connectivity index (χ0v) is 16.3. The number of carbonyl (C=O) groups excluding carboxylic acids is 1. The zero-order valence-electron chi connectivity index (χ0n) is 16.3. The number of amides is 1. The molecule has 0 spiro atoms. The Morgan fingerprint density at radius 3 is 2.46 bits per heavy atom. The van der Waals surface area contributed by atoms with Crippen molar-refractivity contribution < 1.29 is 28.9 Å². The fourth-order valence-corrected chi connectivity index (χ4v) is 2.98. The van der Waals surface area contributed by atoms with E-state index in [2.05, 4.69) is 5.32 Å². The summed E-state index contributed by atoms with van der Waals surface area (Å²) < 4.78 is 16.8. The number of carboxylic acids is 1. The van der Waals surface area contributed by atoms with Gasteiger partial charge in [-0.25, -0.2) is 0 Å². The third-order valence-corrected chi connectivity index (χ3v) is 4.76. The minimum absolute atomic E-state index is 0.0517. The van der Waals surface area contributed by atoms with Crippen LogP contribution >= 0.6 is 0 Å². The summed E-state index contributed by atoms with van der Waals surface area (Å²) in [5.74, 6) is 0.211. The maximum atomic E-state index is 11.8. The minimum Gasteiger partial charge on any atom is -0.493 e. The topological polar surface area (TPSA) is 94.1 Å². The Labute approximate surface area is 163 Å². The molecule has 0 bridgehead atoms. The Kier molecular flexibility index (Phi) is 5.18. The highest BCUT2D eigenvalue weighted by Crippen LogP contribution is 2.45. The van der Waals surface area contributed by atoms with Crippen molar-refractivity contribution in [1.82, 2.24) is 5.32 Å². The van der Waals surface area contributed by atoms with Crippen LogP contribution < -0.4 is 19.5 Å². The lowest BCUT2D eigenvalue weighted by molar-refractivity contribution is -0.148. The summed E-state index contributed by atoms with van der Waals surface area (Å²) in [4.78, 5) is 23.3. The molecule has 0 aliphatic carbocycles. The molecule has 0 aromatic heterocycles. The van der Waals surface area contributed by atoms with Crippen molar-refractivity contribution in [2.75, 3.05) is 20.8 Å². The zero-order chi connectivity index (χ0) is 20.5. The molecule has 0 saturated carbocycles. The van der Waals surface area contributed by atoms with E-state index >= 15 is 0 Å². The summed E-state index contributed by atoms with van der Waals surface area (Å²) >= 11 is 0. The number of aliphatic carboxylic acids is 1. The minimum atomic E-state index is -1.08. The van der Waals surface area contributed by atoms with Crippen molar-refractivity contribution in [2.24, 2.45) is 5.41 Å². The first-order valence-corrected chi connectivity index (χ1v) is 8.81. The van der Waals surface area contributed by atoms with Gasteiger partial charge in [-0.2, -0.15) is 0 Å². The molecule has 7 nitrogen and oxygen atoms in total. The van der Waals surface area contributed by atoms with Gasteiger partial charge >= 0.3 is 5.97 Å². The Balaban J connectivity index is 2.08. The number of carboxylic acid groups (broad SMARTS) is 1. The fourth-order valence-electron chi connectivity index (χ4n) is 2.98. The van der Waals surface area contributed by atoms with Crippen LogP contribution in [0.5, 0.6) is 17.2 Å². The van der Waals surface area contributed by atoms with Crippen molar-refractivity contribution in [3.63, 3.8) is 0 Å². The number of nitrogens with one attached hydrogen (secondary N) is 1. The standard InChI is InChI=1S/C21H23NO6/c1-21(2,20(24)25)11-28-17-14(7-8-16(26-3)18(17)27-4)12-5-6-15-13(9-12)10-22-19(15)23/h5-9H,10-11H2,1-4H3,(H,22,23)(H,24,25). The van der Waals surface area contributed by atoms with Gasteiger partial charge < -0.3 is 24.6 Å². The van der Waals surface area contributed by atoms with Gasteiger partial charge in [-0.15, -0.1) is 0 Å². The number of hydrogen-bond donors (Lipinski definition) is 2. The number of carbonyl (C=O) groups is 2. The van der Waals surface area contributed by atoms with Crippen LogP contribution in [0, 0.1) is 5.41 Å². The molecule has 0 fully saturated rings. The second kappa shape index (κ2) is 7.42. The largest absolute Gasteiger partial charge is 0.493 e. The van der Waals surface area contributed by atoms with E-state index < -0.39 is 11.4 Å². The first-order chi connectivity index (χ1) is 13.3. The predicted octanol–water partition coefficient (Wildman–Crippen LogP) is 3.10. The Hall–Kier alpha value is -3.22. The predicted molar refractivity (Wildman–Crippen MR) is 103 cm³/mol. The second-order valence-corrected chi connectivity index (χ2v) is 7.21. The van der Waals surface area contributed by atoms with Gasteiger partial charge in [0.05, 0.1) is 19.6 Å². The van der Waals surface area contributed by atoms with Crippen LogP contribution in [-0.4, -0.2) is 37.8 Å². The lowest BCUT2D eigenvalue weighted by atomic mass is 9.95. The maximum Gasteiger partial charge on any atom is 0.312 e. The van der Waals surface area contributed by atoms with Crippen LogP contribution in [0.4, 0.5) is 0 Å². The first-order valence-electron chi connectivity index (χ1n) is 8.81. The van der Waals surface area contributed by atoms with Crippen LogP contribution in [0.1, 0.15) is 29.8 Å². The summed E-state index contributed by atoms with van der Waals surface area (Å²) in [6, 6.07) is 9.12. The van der Waals surface area contributed by atoms with E-state index in [9.17, 15) is 14.7 Å². The normalized spacial score (nSPS) is 12.9. The molecule has 0 unspecified atom stereocenters. The molecule has 3 rings (SSSR count). The summed E-state index contributed by atoms with van der Waals surface area (Å²) in [5, 5.41) is 12.2. The molecule has 1 aliphatic rings. The summed E-state index contributed by atoms with van der Waals surface area (Å²) in [7, 11) is 3.03. The van der Waals surface area contributed by atoms with Gasteiger partial charge in [0.1, 0.15) is 6.61 Å². The van der Waals surface area contributed by atoms with Crippen molar-refractivity contribution in [3.05, 3.63) is 41.5 Å². The molecule has 28 heavy (non-hydrogen) atoms. The SMILES string of the molecule is COc1ccc(-c2ccc3c(c2)CNC3=O)c(OCC(C)(C)C(=O)O)c1OC. The average Bonchev–Trinajstić information content (AvgIpc) is 3.05. The van der Waals surface area contributed by atoms with E-state index in [1.54, 1.807) is 26.0 Å². The maximum absolute atomic E-state index is 11.8. The molecule has 1 heterocycles. The molecule has 0 saturated heterocycles. The molecule has 0 radical (unpaired) electrons. The second-order valence-electron chi connectivity index (χ2n) is 7.21. The Bertz CT molecular complexity index is 935. The average molecular weight is 385 g/mol. The summed E-state index contributed by atoms with van der Waals surface area (Å²) in [5.41, 5.74) is 2.02. The van der Waals surface area contributed by atoms with E-state index in [4.69, 9.17) is 14.2 Å². The first kappa shape index (κ1) is 19.5. The molecule has 1 aliphatic heterocycles. The number of ether oxygens (including phenoxy) is 3. The monoisotopic (exact) mass is 385 g/mol. The number of rotatable bonds is 7. The highest BCUT2D eigenvalue weighted by Gasteiger charge is 2.30. The van der Waals surface area contributed by atoms with E-state index in [1.807, 2.05) is 18.2 Å². The van der Waals surface area contributed by atoms with Crippen LogP contribution in [0.3, 0.4) is 0 Å². The lowest BCUT2D eigenvalue weighted by Crippen LogP contribution is -2.30. The number of fused-ring (bicyclic) bond motifs is 1. The Morgan fingerprint density at radius 1 is 1.11 bits per heavy atom. The van der Waals surface area contributed by atoms with Gasteiger partial charge in [-0.3, -0.25) is 9.59 Å². The van der Waals surface area contributed by atoms with E-state index in [0.29, 0.717) is 29.4 Å². The highest BCUT2D eigenvalue weighted by atomic mass is 16.5. The molecule has 0 atom stereocenters. The van der Waals surface area contributed by atoms with Gasteiger partial charge in [-0.05, 0) is 49.2 Å². The molecular formula is C21H23NO6. The molecule has 2 aromatic carbocycles. The summed E-state index contributed by atoms with van der Waals surface area (Å²) in [6.07, 6.45) is 0. The third kappa shape index (κ3) is 3.47.